The highest BCUT2D eigenvalue weighted by atomic mass is 16.5. The minimum atomic E-state index is 0.382. The van der Waals surface area contributed by atoms with Crippen molar-refractivity contribution in [3.8, 4) is 11.5 Å². The monoisotopic (exact) mass is 192 g/mol. The molecule has 0 amide bonds. The lowest BCUT2D eigenvalue weighted by molar-refractivity contribution is -0.120. The average molecular weight is 192 g/mol. The Balaban J connectivity index is 3.04. The Morgan fingerprint density at radius 1 is 1.29 bits per heavy atom. The van der Waals surface area contributed by atoms with Gasteiger partial charge in [0.25, 0.3) is 6.47 Å². The van der Waals surface area contributed by atoms with Gasteiger partial charge in [0, 0.05) is 0 Å². The largest absolute Gasteiger partial charge is 0.493 e. The molecule has 3 nitrogen and oxygen atoms in total. The SMILES string of the molecule is C/C=C/c1ccc(OC=O)c(OC)c1. The van der Waals surface area contributed by atoms with Crippen molar-refractivity contribution in [1.29, 1.82) is 0 Å². The van der Waals surface area contributed by atoms with Crippen LogP contribution in [0.15, 0.2) is 24.3 Å². The summed E-state index contributed by atoms with van der Waals surface area (Å²) < 4.78 is 9.80. The molecule has 0 aromatic heterocycles. The molecule has 0 fully saturated rings. The second kappa shape index (κ2) is 5.07. The molecule has 0 saturated heterocycles. The Morgan fingerprint density at radius 2 is 2.07 bits per heavy atom. The van der Waals surface area contributed by atoms with Gasteiger partial charge >= 0.3 is 0 Å². The number of benzene rings is 1. The number of carbonyl (C=O) groups is 1. The molecule has 0 aliphatic rings. The molecule has 0 aliphatic heterocycles. The van der Waals surface area contributed by atoms with E-state index in [-0.39, 0.29) is 0 Å². The Labute approximate surface area is 83.0 Å². The summed E-state index contributed by atoms with van der Waals surface area (Å²) in [5, 5.41) is 0. The lowest BCUT2D eigenvalue weighted by atomic mass is 10.2. The molecule has 0 N–H and O–H groups in total. The van der Waals surface area contributed by atoms with Gasteiger partial charge in [-0.1, -0.05) is 18.2 Å². The van der Waals surface area contributed by atoms with Crippen LogP contribution in [-0.4, -0.2) is 13.6 Å². The third kappa shape index (κ3) is 2.36. The van der Waals surface area contributed by atoms with E-state index in [1.165, 1.54) is 7.11 Å². The summed E-state index contributed by atoms with van der Waals surface area (Å²) in [6, 6.07) is 5.35. The third-order valence-electron chi connectivity index (χ3n) is 1.72. The van der Waals surface area contributed by atoms with Crippen LogP contribution in [0.4, 0.5) is 0 Å². The van der Waals surface area contributed by atoms with Crippen molar-refractivity contribution in [2.75, 3.05) is 7.11 Å². The fraction of sp³-hybridized carbons (Fsp3) is 0.182. The van der Waals surface area contributed by atoms with E-state index in [9.17, 15) is 4.79 Å². The zero-order chi connectivity index (χ0) is 10.4. The second-order valence-electron chi connectivity index (χ2n) is 2.62. The van der Waals surface area contributed by atoms with Crippen LogP contribution in [0.2, 0.25) is 0 Å². The van der Waals surface area contributed by atoms with Crippen molar-refractivity contribution in [2.45, 2.75) is 6.92 Å². The minimum Gasteiger partial charge on any atom is -0.493 e. The minimum absolute atomic E-state index is 0.382. The summed E-state index contributed by atoms with van der Waals surface area (Å²) in [4.78, 5) is 10.2. The Morgan fingerprint density at radius 3 is 2.64 bits per heavy atom. The number of methoxy groups -OCH3 is 1. The molecule has 14 heavy (non-hydrogen) atoms. The number of ether oxygens (including phenoxy) is 2. The molecule has 1 aromatic carbocycles. The predicted molar refractivity (Wildman–Crippen MR) is 54.4 cm³/mol. The van der Waals surface area contributed by atoms with Gasteiger partial charge in [-0.05, 0) is 24.6 Å². The molecule has 0 heterocycles. The number of carbonyl (C=O) groups excluding carboxylic acids is 1. The van der Waals surface area contributed by atoms with Crippen molar-refractivity contribution in [2.24, 2.45) is 0 Å². The van der Waals surface area contributed by atoms with Gasteiger partial charge in [-0.2, -0.15) is 0 Å². The van der Waals surface area contributed by atoms with E-state index in [0.29, 0.717) is 18.0 Å². The van der Waals surface area contributed by atoms with Crippen LogP contribution < -0.4 is 9.47 Å². The van der Waals surface area contributed by atoms with Crippen LogP contribution in [-0.2, 0) is 4.79 Å². The number of rotatable bonds is 4. The van der Waals surface area contributed by atoms with Crippen molar-refractivity contribution in [1.82, 2.24) is 0 Å². The molecule has 1 rings (SSSR count). The molecule has 0 spiro atoms. The van der Waals surface area contributed by atoms with Crippen LogP contribution in [0.3, 0.4) is 0 Å². The van der Waals surface area contributed by atoms with E-state index in [0.717, 1.165) is 5.56 Å². The molecular weight excluding hydrogens is 180 g/mol. The van der Waals surface area contributed by atoms with E-state index in [1.807, 2.05) is 25.1 Å². The van der Waals surface area contributed by atoms with Gasteiger partial charge in [0.1, 0.15) is 0 Å². The van der Waals surface area contributed by atoms with E-state index >= 15 is 0 Å². The van der Waals surface area contributed by atoms with Crippen LogP contribution in [0, 0.1) is 0 Å². The Hall–Kier alpha value is -1.77. The lowest BCUT2D eigenvalue weighted by Gasteiger charge is -2.06. The summed E-state index contributed by atoms with van der Waals surface area (Å²) in [5.41, 5.74) is 1.00. The molecule has 0 radical (unpaired) electrons. The number of hydrogen-bond acceptors (Lipinski definition) is 3. The number of allylic oxidation sites excluding steroid dienone is 1. The molecule has 0 aliphatic carbocycles. The van der Waals surface area contributed by atoms with Crippen LogP contribution >= 0.6 is 0 Å². The van der Waals surface area contributed by atoms with E-state index in [4.69, 9.17) is 9.47 Å². The van der Waals surface area contributed by atoms with Gasteiger partial charge in [0.15, 0.2) is 11.5 Å². The summed E-state index contributed by atoms with van der Waals surface area (Å²) in [6.07, 6.45) is 3.86. The zero-order valence-electron chi connectivity index (χ0n) is 8.19. The van der Waals surface area contributed by atoms with Gasteiger partial charge in [0.05, 0.1) is 7.11 Å². The van der Waals surface area contributed by atoms with Gasteiger partial charge in [0.2, 0.25) is 0 Å². The topological polar surface area (TPSA) is 35.5 Å². The van der Waals surface area contributed by atoms with Crippen molar-refractivity contribution >= 4 is 12.5 Å². The molecule has 0 bridgehead atoms. The maximum atomic E-state index is 10.2. The zero-order valence-corrected chi connectivity index (χ0v) is 8.19. The average Bonchev–Trinajstić information content (AvgIpc) is 2.21. The molecule has 1 aromatic rings. The second-order valence-corrected chi connectivity index (χ2v) is 2.62. The summed E-state index contributed by atoms with van der Waals surface area (Å²) in [6.45, 7) is 2.31. The quantitative estimate of drug-likeness (QED) is 0.686. The standard InChI is InChI=1S/C11H12O3/c1-3-4-9-5-6-10(14-8-12)11(7-9)13-2/h3-8H,1-2H3/b4-3+. The summed E-state index contributed by atoms with van der Waals surface area (Å²) in [7, 11) is 1.53. The van der Waals surface area contributed by atoms with Crippen LogP contribution in [0.5, 0.6) is 11.5 Å². The highest BCUT2D eigenvalue weighted by molar-refractivity contribution is 5.58. The van der Waals surface area contributed by atoms with Crippen LogP contribution in [0.25, 0.3) is 6.08 Å². The van der Waals surface area contributed by atoms with Gasteiger partial charge < -0.3 is 9.47 Å². The maximum Gasteiger partial charge on any atom is 0.298 e. The first-order valence-corrected chi connectivity index (χ1v) is 4.23. The third-order valence-corrected chi connectivity index (χ3v) is 1.72. The maximum absolute atomic E-state index is 10.2. The Kier molecular flexibility index (Phi) is 3.73. The highest BCUT2D eigenvalue weighted by Gasteiger charge is 2.03. The summed E-state index contributed by atoms with van der Waals surface area (Å²) in [5.74, 6) is 0.975. The normalized spacial score (nSPS) is 10.1. The molecule has 0 atom stereocenters. The van der Waals surface area contributed by atoms with Crippen molar-refractivity contribution < 1.29 is 14.3 Å². The van der Waals surface area contributed by atoms with E-state index in [1.54, 1.807) is 12.1 Å². The Bertz CT molecular complexity index is 342. The van der Waals surface area contributed by atoms with Crippen molar-refractivity contribution in [3.63, 3.8) is 0 Å². The predicted octanol–water partition coefficient (Wildman–Crippen LogP) is 2.26. The fourth-order valence-electron chi connectivity index (χ4n) is 1.13. The molecule has 3 heteroatoms. The van der Waals surface area contributed by atoms with Gasteiger partial charge in [-0.3, -0.25) is 4.79 Å². The van der Waals surface area contributed by atoms with Crippen LogP contribution in [0.1, 0.15) is 12.5 Å². The molecule has 74 valence electrons. The first-order valence-electron chi connectivity index (χ1n) is 4.23. The van der Waals surface area contributed by atoms with E-state index < -0.39 is 0 Å². The van der Waals surface area contributed by atoms with Crippen molar-refractivity contribution in [3.05, 3.63) is 29.8 Å². The smallest absolute Gasteiger partial charge is 0.298 e. The van der Waals surface area contributed by atoms with E-state index in [2.05, 4.69) is 0 Å². The number of hydrogen-bond donors (Lipinski definition) is 0. The highest BCUT2D eigenvalue weighted by Crippen LogP contribution is 2.27. The fourth-order valence-corrected chi connectivity index (χ4v) is 1.13. The first-order chi connectivity index (χ1) is 6.81. The van der Waals surface area contributed by atoms with Gasteiger partial charge in [-0.15, -0.1) is 0 Å². The molecular formula is C11H12O3. The first kappa shape index (κ1) is 10.3. The molecule has 0 unspecified atom stereocenters. The summed E-state index contributed by atoms with van der Waals surface area (Å²) >= 11 is 0. The lowest BCUT2D eigenvalue weighted by Crippen LogP contribution is -1.93. The van der Waals surface area contributed by atoms with Gasteiger partial charge in [-0.25, -0.2) is 0 Å². The molecule has 0 saturated carbocycles.